The Morgan fingerprint density at radius 2 is 2.04 bits per heavy atom. The van der Waals surface area contributed by atoms with E-state index < -0.39 is 0 Å². The van der Waals surface area contributed by atoms with Crippen LogP contribution in [-0.4, -0.2) is 67.0 Å². The highest BCUT2D eigenvalue weighted by Crippen LogP contribution is 2.31. The number of thioether (sulfide) groups is 1. The molecule has 1 aromatic carbocycles. The zero-order chi connectivity index (χ0) is 18.9. The summed E-state index contributed by atoms with van der Waals surface area (Å²) in [4.78, 5) is 9.80. The molecule has 1 aromatic rings. The highest BCUT2D eigenvalue weighted by molar-refractivity contribution is 7.98. The van der Waals surface area contributed by atoms with Gasteiger partial charge in [0.05, 0.1) is 0 Å². The van der Waals surface area contributed by atoms with Crippen molar-refractivity contribution in [1.82, 2.24) is 15.1 Å². The Bertz CT molecular complexity index is 577. The van der Waals surface area contributed by atoms with Crippen molar-refractivity contribution in [3.63, 3.8) is 0 Å². The molecule has 0 bridgehead atoms. The molecule has 3 rings (SSSR count). The van der Waals surface area contributed by atoms with Gasteiger partial charge < -0.3 is 10.2 Å². The molecule has 5 heteroatoms. The van der Waals surface area contributed by atoms with E-state index in [1.165, 1.54) is 50.0 Å². The number of piperidine rings is 2. The number of hydrogen-bond donors (Lipinski definition) is 1. The van der Waals surface area contributed by atoms with Gasteiger partial charge in [-0.3, -0.25) is 9.89 Å². The Kier molecular flexibility index (Phi) is 8.34. The third-order valence-electron chi connectivity index (χ3n) is 5.98. The molecule has 2 aliphatic rings. The van der Waals surface area contributed by atoms with Gasteiger partial charge in [0.1, 0.15) is 0 Å². The lowest BCUT2D eigenvalue weighted by atomic mass is 9.83. The van der Waals surface area contributed by atoms with Gasteiger partial charge in [-0.05, 0) is 62.1 Å². The number of likely N-dealkylation sites (tertiary alicyclic amines) is 2. The minimum atomic E-state index is 0.731. The van der Waals surface area contributed by atoms with Gasteiger partial charge in [-0.2, -0.15) is 11.8 Å². The molecule has 0 radical (unpaired) electrons. The lowest BCUT2D eigenvalue weighted by molar-refractivity contribution is 0.0372. The van der Waals surface area contributed by atoms with E-state index >= 15 is 0 Å². The monoisotopic (exact) mass is 388 g/mol. The molecule has 2 fully saturated rings. The van der Waals surface area contributed by atoms with Crippen molar-refractivity contribution < 1.29 is 0 Å². The summed E-state index contributed by atoms with van der Waals surface area (Å²) >= 11 is 1.93. The molecule has 4 nitrogen and oxygen atoms in total. The second kappa shape index (κ2) is 11.0. The highest BCUT2D eigenvalue weighted by atomic mass is 32.2. The molecule has 1 N–H and O–H groups in total. The number of hydrogen-bond acceptors (Lipinski definition) is 3. The van der Waals surface area contributed by atoms with Crippen molar-refractivity contribution in [2.45, 2.75) is 44.7 Å². The second-order valence-corrected chi connectivity index (χ2v) is 8.82. The number of nitrogens with zero attached hydrogens (tertiary/aromatic N) is 3. The van der Waals surface area contributed by atoms with Gasteiger partial charge in [0.25, 0.3) is 0 Å². The number of rotatable bonds is 7. The Balaban J connectivity index is 1.51. The SMILES string of the molecule is CN=C(NCCCCSC)N1CCC2C(CCCN2Cc2ccccc2)C1. The van der Waals surface area contributed by atoms with E-state index in [4.69, 9.17) is 0 Å². The molecule has 2 heterocycles. The van der Waals surface area contributed by atoms with Gasteiger partial charge in [-0.25, -0.2) is 0 Å². The van der Waals surface area contributed by atoms with Crippen LogP contribution in [0.5, 0.6) is 0 Å². The summed E-state index contributed by atoms with van der Waals surface area (Å²) in [5.74, 6) is 3.13. The predicted octanol–water partition coefficient (Wildman–Crippen LogP) is 3.69. The molecule has 0 aliphatic carbocycles. The molecular weight excluding hydrogens is 352 g/mol. The Morgan fingerprint density at radius 3 is 2.81 bits per heavy atom. The molecule has 150 valence electrons. The molecule has 2 saturated heterocycles. The topological polar surface area (TPSA) is 30.9 Å². The highest BCUT2D eigenvalue weighted by Gasteiger charge is 2.36. The van der Waals surface area contributed by atoms with Crippen LogP contribution in [0.4, 0.5) is 0 Å². The van der Waals surface area contributed by atoms with Gasteiger partial charge in [0.15, 0.2) is 5.96 Å². The van der Waals surface area contributed by atoms with Crippen LogP contribution >= 0.6 is 11.8 Å². The molecular formula is C22H36N4S. The summed E-state index contributed by atoms with van der Waals surface area (Å²) in [6.07, 6.45) is 8.63. The summed E-state index contributed by atoms with van der Waals surface area (Å²) in [5, 5.41) is 3.60. The van der Waals surface area contributed by atoms with Gasteiger partial charge in [-0.15, -0.1) is 0 Å². The summed E-state index contributed by atoms with van der Waals surface area (Å²) in [7, 11) is 1.93. The fraction of sp³-hybridized carbons (Fsp3) is 0.682. The maximum atomic E-state index is 4.57. The van der Waals surface area contributed by atoms with Crippen LogP contribution in [0, 0.1) is 5.92 Å². The first-order valence-electron chi connectivity index (χ1n) is 10.5. The average Bonchev–Trinajstić information content (AvgIpc) is 2.71. The zero-order valence-electron chi connectivity index (χ0n) is 17.1. The first kappa shape index (κ1) is 20.5. The third-order valence-corrected chi connectivity index (χ3v) is 6.68. The Hall–Kier alpha value is -1.20. The summed E-state index contributed by atoms with van der Waals surface area (Å²) in [6, 6.07) is 11.7. The number of benzene rings is 1. The number of guanidine groups is 1. The lowest BCUT2D eigenvalue weighted by Gasteiger charge is -2.48. The molecule has 27 heavy (non-hydrogen) atoms. The standard InChI is InChI=1S/C22H36N4S/c1-23-22(24-13-6-7-16-27-2)26-15-12-21-20(18-26)11-8-14-25(21)17-19-9-4-3-5-10-19/h3-5,9-10,20-21H,6-8,11-18H2,1-2H3,(H,23,24). The lowest BCUT2D eigenvalue weighted by Crippen LogP contribution is -2.56. The molecule has 2 atom stereocenters. The molecule has 0 spiro atoms. The normalized spacial score (nSPS) is 23.9. The molecule has 2 aliphatic heterocycles. The van der Waals surface area contributed by atoms with Gasteiger partial charge in [0.2, 0.25) is 0 Å². The largest absolute Gasteiger partial charge is 0.356 e. The number of nitrogens with one attached hydrogen (secondary N) is 1. The number of unbranched alkanes of at least 4 members (excludes halogenated alkanes) is 1. The van der Waals surface area contributed by atoms with Crippen molar-refractivity contribution >= 4 is 17.7 Å². The quantitative estimate of drug-likeness (QED) is 0.438. The van der Waals surface area contributed by atoms with E-state index in [0.29, 0.717) is 0 Å². The van der Waals surface area contributed by atoms with Crippen LogP contribution in [0.25, 0.3) is 0 Å². The minimum Gasteiger partial charge on any atom is -0.356 e. The van der Waals surface area contributed by atoms with E-state index in [2.05, 4.69) is 56.7 Å². The van der Waals surface area contributed by atoms with E-state index in [9.17, 15) is 0 Å². The van der Waals surface area contributed by atoms with Gasteiger partial charge in [0, 0.05) is 39.3 Å². The zero-order valence-corrected chi connectivity index (χ0v) is 17.9. The van der Waals surface area contributed by atoms with Crippen molar-refractivity contribution in [2.24, 2.45) is 10.9 Å². The molecule has 0 aromatic heterocycles. The number of aliphatic imine (C=N–C) groups is 1. The second-order valence-electron chi connectivity index (χ2n) is 7.83. The minimum absolute atomic E-state index is 0.731. The Labute approximate surface area is 169 Å². The van der Waals surface area contributed by atoms with Crippen LogP contribution in [0.15, 0.2) is 35.3 Å². The third kappa shape index (κ3) is 5.89. The predicted molar refractivity (Wildman–Crippen MR) is 119 cm³/mol. The van der Waals surface area contributed by atoms with Crippen LogP contribution in [0.2, 0.25) is 0 Å². The van der Waals surface area contributed by atoms with Gasteiger partial charge >= 0.3 is 0 Å². The molecule has 0 amide bonds. The van der Waals surface area contributed by atoms with Crippen molar-refractivity contribution in [2.75, 3.05) is 45.2 Å². The van der Waals surface area contributed by atoms with Crippen LogP contribution in [-0.2, 0) is 6.54 Å². The van der Waals surface area contributed by atoms with Crippen LogP contribution < -0.4 is 5.32 Å². The summed E-state index contributed by atoms with van der Waals surface area (Å²) in [6.45, 7) is 5.66. The van der Waals surface area contributed by atoms with E-state index in [1.807, 2.05) is 18.8 Å². The van der Waals surface area contributed by atoms with E-state index in [0.717, 1.165) is 44.1 Å². The van der Waals surface area contributed by atoms with Crippen molar-refractivity contribution in [3.8, 4) is 0 Å². The van der Waals surface area contributed by atoms with E-state index in [-0.39, 0.29) is 0 Å². The van der Waals surface area contributed by atoms with E-state index in [1.54, 1.807) is 0 Å². The maximum Gasteiger partial charge on any atom is 0.193 e. The van der Waals surface area contributed by atoms with Crippen LogP contribution in [0.1, 0.15) is 37.7 Å². The first-order valence-corrected chi connectivity index (χ1v) is 11.9. The van der Waals surface area contributed by atoms with Crippen molar-refractivity contribution in [1.29, 1.82) is 0 Å². The fourth-order valence-electron chi connectivity index (χ4n) is 4.62. The molecule has 2 unspecified atom stereocenters. The Morgan fingerprint density at radius 1 is 1.19 bits per heavy atom. The summed E-state index contributed by atoms with van der Waals surface area (Å²) < 4.78 is 0. The smallest absolute Gasteiger partial charge is 0.193 e. The van der Waals surface area contributed by atoms with Crippen LogP contribution in [0.3, 0.4) is 0 Å². The molecule has 0 saturated carbocycles. The average molecular weight is 389 g/mol. The first-order chi connectivity index (χ1) is 13.3. The van der Waals surface area contributed by atoms with Gasteiger partial charge in [-0.1, -0.05) is 30.3 Å². The summed E-state index contributed by atoms with van der Waals surface area (Å²) in [5.41, 5.74) is 1.45. The van der Waals surface area contributed by atoms with Crippen molar-refractivity contribution in [3.05, 3.63) is 35.9 Å². The maximum absolute atomic E-state index is 4.57. The fourth-order valence-corrected chi connectivity index (χ4v) is 5.11. The number of fused-ring (bicyclic) bond motifs is 1.